The molecule has 0 aliphatic carbocycles. The molecule has 1 amide bonds. The molecule has 0 fully saturated rings. The molecule has 0 bridgehead atoms. The molecular formula is C15H24N2O2. The molecule has 4 heteroatoms. The zero-order chi connectivity index (χ0) is 14.3. The molecule has 0 aliphatic heterocycles. The molecule has 1 aromatic rings. The molecule has 106 valence electrons. The van der Waals surface area contributed by atoms with Crippen molar-refractivity contribution in [3.8, 4) is 0 Å². The molecular weight excluding hydrogens is 240 g/mol. The molecule has 1 rings (SSSR count). The van der Waals surface area contributed by atoms with Crippen molar-refractivity contribution < 1.29 is 9.53 Å². The number of aromatic nitrogens is 1. The van der Waals surface area contributed by atoms with Crippen LogP contribution in [0.25, 0.3) is 0 Å². The third kappa shape index (κ3) is 4.03. The molecule has 0 N–H and O–H groups in total. The number of pyridine rings is 1. The highest BCUT2D eigenvalue weighted by Gasteiger charge is 2.34. The average Bonchev–Trinajstić information content (AvgIpc) is 2.47. The first kappa shape index (κ1) is 15.6. The summed E-state index contributed by atoms with van der Waals surface area (Å²) in [5.41, 5.74) is 0.478. The summed E-state index contributed by atoms with van der Waals surface area (Å²) in [7, 11) is 1.60. The molecule has 0 spiro atoms. The number of nitrogens with zero attached hydrogens (tertiary/aromatic N) is 2. The maximum absolute atomic E-state index is 12.5. The van der Waals surface area contributed by atoms with Crippen LogP contribution in [0.4, 0.5) is 0 Å². The minimum absolute atomic E-state index is 0.0639. The van der Waals surface area contributed by atoms with E-state index in [9.17, 15) is 4.79 Å². The van der Waals surface area contributed by atoms with E-state index in [2.05, 4.69) is 4.98 Å². The average molecular weight is 264 g/mol. The van der Waals surface area contributed by atoms with Crippen LogP contribution in [-0.2, 0) is 16.0 Å². The van der Waals surface area contributed by atoms with Crippen molar-refractivity contribution in [3.05, 3.63) is 30.1 Å². The maximum Gasteiger partial charge on any atom is 0.254 e. The first-order valence-electron chi connectivity index (χ1n) is 6.80. The van der Waals surface area contributed by atoms with Gasteiger partial charge in [-0.3, -0.25) is 9.78 Å². The summed E-state index contributed by atoms with van der Waals surface area (Å²) in [6, 6.07) is 3.96. The Balaban J connectivity index is 2.65. The SMILES string of the molecule is CCN(CCc1ccncc1)C(=O)C(C)(CC)OC. The maximum atomic E-state index is 12.5. The van der Waals surface area contributed by atoms with Crippen molar-refractivity contribution in [2.24, 2.45) is 0 Å². The Bertz CT molecular complexity index is 388. The minimum atomic E-state index is -0.714. The summed E-state index contributed by atoms with van der Waals surface area (Å²) in [6.07, 6.45) is 5.07. The molecule has 0 radical (unpaired) electrons. The van der Waals surface area contributed by atoms with Gasteiger partial charge in [-0.15, -0.1) is 0 Å². The van der Waals surface area contributed by atoms with Crippen LogP contribution in [-0.4, -0.2) is 41.6 Å². The molecule has 0 aromatic carbocycles. The topological polar surface area (TPSA) is 42.4 Å². The Labute approximate surface area is 115 Å². The second kappa shape index (κ2) is 7.24. The van der Waals surface area contributed by atoms with E-state index in [1.54, 1.807) is 19.5 Å². The largest absolute Gasteiger partial charge is 0.369 e. The number of carbonyl (C=O) groups excluding carboxylic acids is 1. The van der Waals surface area contributed by atoms with Gasteiger partial charge >= 0.3 is 0 Å². The Kier molecular flexibility index (Phi) is 5.96. The normalized spacial score (nSPS) is 13.9. The summed E-state index contributed by atoms with van der Waals surface area (Å²) in [5, 5.41) is 0. The van der Waals surface area contributed by atoms with Crippen molar-refractivity contribution in [1.82, 2.24) is 9.88 Å². The predicted octanol–water partition coefficient (Wildman–Crippen LogP) is 2.29. The number of amides is 1. The number of ether oxygens (including phenoxy) is 1. The van der Waals surface area contributed by atoms with Gasteiger partial charge in [0.25, 0.3) is 5.91 Å². The predicted molar refractivity (Wildman–Crippen MR) is 75.9 cm³/mol. The lowest BCUT2D eigenvalue weighted by Crippen LogP contribution is -2.48. The van der Waals surface area contributed by atoms with Gasteiger partial charge in [-0.2, -0.15) is 0 Å². The summed E-state index contributed by atoms with van der Waals surface area (Å²) in [4.78, 5) is 18.3. The number of likely N-dealkylation sites (N-methyl/N-ethyl adjacent to an activating group) is 1. The van der Waals surface area contributed by atoms with Gasteiger partial charge in [-0.1, -0.05) is 6.92 Å². The number of methoxy groups -OCH3 is 1. The number of hydrogen-bond acceptors (Lipinski definition) is 3. The van der Waals surface area contributed by atoms with Crippen LogP contribution in [0.5, 0.6) is 0 Å². The van der Waals surface area contributed by atoms with Crippen molar-refractivity contribution in [2.45, 2.75) is 39.2 Å². The smallest absolute Gasteiger partial charge is 0.254 e. The molecule has 1 unspecified atom stereocenters. The summed E-state index contributed by atoms with van der Waals surface area (Å²) >= 11 is 0. The lowest BCUT2D eigenvalue weighted by molar-refractivity contribution is -0.153. The number of carbonyl (C=O) groups is 1. The third-order valence-corrected chi connectivity index (χ3v) is 3.67. The minimum Gasteiger partial charge on any atom is -0.369 e. The zero-order valence-corrected chi connectivity index (χ0v) is 12.3. The van der Waals surface area contributed by atoms with E-state index >= 15 is 0 Å². The molecule has 1 aromatic heterocycles. The van der Waals surface area contributed by atoms with Crippen LogP contribution in [0.1, 0.15) is 32.8 Å². The Morgan fingerprint density at radius 1 is 1.37 bits per heavy atom. The van der Waals surface area contributed by atoms with E-state index < -0.39 is 5.60 Å². The van der Waals surface area contributed by atoms with Crippen LogP contribution in [0.15, 0.2) is 24.5 Å². The van der Waals surface area contributed by atoms with Crippen molar-refractivity contribution in [1.29, 1.82) is 0 Å². The number of hydrogen-bond donors (Lipinski definition) is 0. The Hall–Kier alpha value is -1.42. The van der Waals surface area contributed by atoms with Gasteiger partial charge < -0.3 is 9.64 Å². The fourth-order valence-corrected chi connectivity index (χ4v) is 1.93. The Morgan fingerprint density at radius 2 is 2.00 bits per heavy atom. The van der Waals surface area contributed by atoms with Gasteiger partial charge in [0.1, 0.15) is 5.60 Å². The van der Waals surface area contributed by atoms with E-state index in [-0.39, 0.29) is 5.91 Å². The van der Waals surface area contributed by atoms with Gasteiger partial charge in [0.05, 0.1) is 0 Å². The quantitative estimate of drug-likeness (QED) is 0.759. The van der Waals surface area contributed by atoms with E-state index in [1.807, 2.05) is 37.8 Å². The van der Waals surface area contributed by atoms with Crippen LogP contribution < -0.4 is 0 Å². The summed E-state index contributed by atoms with van der Waals surface area (Å²) in [5.74, 6) is 0.0639. The van der Waals surface area contributed by atoms with Gasteiger partial charge in [-0.25, -0.2) is 0 Å². The van der Waals surface area contributed by atoms with E-state index in [4.69, 9.17) is 4.74 Å². The summed E-state index contributed by atoms with van der Waals surface area (Å²) < 4.78 is 5.38. The highest BCUT2D eigenvalue weighted by Crippen LogP contribution is 2.18. The summed E-state index contributed by atoms with van der Waals surface area (Å²) in [6.45, 7) is 7.22. The standard InChI is InChI=1S/C15H24N2O2/c1-5-15(3,19-4)14(18)17(6-2)12-9-13-7-10-16-11-8-13/h7-8,10-11H,5-6,9,12H2,1-4H3. The first-order chi connectivity index (χ1) is 9.07. The highest BCUT2D eigenvalue weighted by atomic mass is 16.5. The van der Waals surface area contributed by atoms with Gasteiger partial charge in [0.2, 0.25) is 0 Å². The lowest BCUT2D eigenvalue weighted by Gasteiger charge is -2.32. The third-order valence-electron chi connectivity index (χ3n) is 3.67. The van der Waals surface area contributed by atoms with Gasteiger partial charge in [0.15, 0.2) is 0 Å². The van der Waals surface area contributed by atoms with E-state index in [0.29, 0.717) is 19.5 Å². The number of rotatable bonds is 7. The van der Waals surface area contributed by atoms with Crippen LogP contribution in [0.2, 0.25) is 0 Å². The first-order valence-corrected chi connectivity index (χ1v) is 6.80. The van der Waals surface area contributed by atoms with Crippen molar-refractivity contribution in [3.63, 3.8) is 0 Å². The lowest BCUT2D eigenvalue weighted by atomic mass is 10.0. The molecule has 1 heterocycles. The fraction of sp³-hybridized carbons (Fsp3) is 0.600. The van der Waals surface area contributed by atoms with Crippen molar-refractivity contribution >= 4 is 5.91 Å². The van der Waals surface area contributed by atoms with Crippen molar-refractivity contribution in [2.75, 3.05) is 20.2 Å². The second-order valence-corrected chi connectivity index (χ2v) is 4.78. The van der Waals surface area contributed by atoms with Crippen LogP contribution in [0.3, 0.4) is 0 Å². The second-order valence-electron chi connectivity index (χ2n) is 4.78. The van der Waals surface area contributed by atoms with Crippen LogP contribution >= 0.6 is 0 Å². The highest BCUT2D eigenvalue weighted by molar-refractivity contribution is 5.84. The molecule has 19 heavy (non-hydrogen) atoms. The van der Waals surface area contributed by atoms with E-state index in [1.165, 1.54) is 5.56 Å². The zero-order valence-electron chi connectivity index (χ0n) is 12.3. The Morgan fingerprint density at radius 3 is 2.47 bits per heavy atom. The van der Waals surface area contributed by atoms with E-state index in [0.717, 1.165) is 6.42 Å². The monoisotopic (exact) mass is 264 g/mol. The molecule has 0 aliphatic rings. The molecule has 4 nitrogen and oxygen atoms in total. The van der Waals surface area contributed by atoms with Crippen LogP contribution in [0, 0.1) is 0 Å². The fourth-order valence-electron chi connectivity index (χ4n) is 1.93. The van der Waals surface area contributed by atoms with Gasteiger partial charge in [0, 0.05) is 32.6 Å². The van der Waals surface area contributed by atoms with Gasteiger partial charge in [-0.05, 0) is 44.4 Å². The molecule has 1 atom stereocenters. The molecule has 0 saturated heterocycles. The molecule has 0 saturated carbocycles.